The minimum absolute atomic E-state index is 0.175. The molecule has 166 valence electrons. The lowest BCUT2D eigenvalue weighted by molar-refractivity contribution is 0.0827. The van der Waals surface area contributed by atoms with Gasteiger partial charge in [-0.1, -0.05) is 30.3 Å². The summed E-state index contributed by atoms with van der Waals surface area (Å²) in [5.41, 5.74) is 1.95. The largest absolute Gasteiger partial charge is 0.457 e. The Hall–Kier alpha value is -4.26. The Morgan fingerprint density at radius 3 is 2.42 bits per heavy atom. The molecule has 3 aromatic carbocycles. The maximum atomic E-state index is 14.6. The fraction of sp³-hybridized carbons (Fsp3) is 0.115. The van der Waals surface area contributed by atoms with Crippen LogP contribution < -0.4 is 10.3 Å². The summed E-state index contributed by atoms with van der Waals surface area (Å²) < 4.78 is 20.6. The van der Waals surface area contributed by atoms with Crippen LogP contribution in [0.15, 0.2) is 77.6 Å². The van der Waals surface area contributed by atoms with E-state index in [1.165, 1.54) is 17.0 Å². The zero-order chi connectivity index (χ0) is 23.5. The zero-order valence-corrected chi connectivity index (χ0v) is 18.4. The van der Waals surface area contributed by atoms with Crippen molar-refractivity contribution in [1.82, 2.24) is 15.1 Å². The van der Waals surface area contributed by atoms with Crippen LogP contribution in [-0.4, -0.2) is 35.1 Å². The number of para-hydroxylation sites is 2. The number of hydrogen-bond acceptors (Lipinski definition) is 4. The highest BCUT2D eigenvalue weighted by Gasteiger charge is 2.20. The van der Waals surface area contributed by atoms with Crippen molar-refractivity contribution in [2.24, 2.45) is 0 Å². The summed E-state index contributed by atoms with van der Waals surface area (Å²) in [5.74, 6) is 0.222. The fourth-order valence-electron chi connectivity index (χ4n) is 3.57. The summed E-state index contributed by atoms with van der Waals surface area (Å²) in [5, 5.41) is 6.80. The molecule has 7 heteroatoms. The van der Waals surface area contributed by atoms with Crippen molar-refractivity contribution < 1.29 is 13.9 Å². The van der Waals surface area contributed by atoms with Gasteiger partial charge in [-0.2, -0.15) is 5.10 Å². The minimum Gasteiger partial charge on any atom is -0.457 e. The highest BCUT2D eigenvalue weighted by Crippen LogP contribution is 2.38. The van der Waals surface area contributed by atoms with Gasteiger partial charge < -0.3 is 9.64 Å². The normalized spacial score (nSPS) is 10.7. The van der Waals surface area contributed by atoms with E-state index in [0.29, 0.717) is 39.4 Å². The quantitative estimate of drug-likeness (QED) is 0.469. The van der Waals surface area contributed by atoms with Gasteiger partial charge in [0.05, 0.1) is 0 Å². The maximum Gasteiger partial charge on any atom is 0.267 e. The molecule has 0 aliphatic carbocycles. The minimum atomic E-state index is -0.586. The molecule has 4 rings (SSSR count). The fourth-order valence-corrected chi connectivity index (χ4v) is 3.57. The lowest BCUT2D eigenvalue weighted by Crippen LogP contribution is -2.22. The summed E-state index contributed by atoms with van der Waals surface area (Å²) in [4.78, 5) is 26.3. The van der Waals surface area contributed by atoms with Gasteiger partial charge in [0.2, 0.25) is 0 Å². The molecule has 0 saturated carbocycles. The number of halogens is 1. The SMILES string of the molecule is Cc1c(-c2cc(F)cc(C(=O)N(C)C)c2)c(-c2ccccc2Oc2ccccc2)n[nH]c1=O. The van der Waals surface area contributed by atoms with Gasteiger partial charge in [0, 0.05) is 36.3 Å². The van der Waals surface area contributed by atoms with Crippen molar-refractivity contribution >= 4 is 5.91 Å². The monoisotopic (exact) mass is 443 g/mol. The van der Waals surface area contributed by atoms with E-state index in [2.05, 4.69) is 10.2 Å². The Morgan fingerprint density at radius 1 is 1.00 bits per heavy atom. The molecule has 1 N–H and O–H groups in total. The van der Waals surface area contributed by atoms with Crippen LogP contribution in [0.25, 0.3) is 22.4 Å². The van der Waals surface area contributed by atoms with Crippen LogP contribution in [0.1, 0.15) is 15.9 Å². The van der Waals surface area contributed by atoms with Gasteiger partial charge in [-0.05, 0) is 55.0 Å². The van der Waals surface area contributed by atoms with Crippen molar-refractivity contribution in [2.75, 3.05) is 14.1 Å². The number of carbonyl (C=O) groups is 1. The van der Waals surface area contributed by atoms with Crippen LogP contribution in [0.2, 0.25) is 0 Å². The van der Waals surface area contributed by atoms with Crippen LogP contribution in [0, 0.1) is 12.7 Å². The van der Waals surface area contributed by atoms with E-state index >= 15 is 0 Å². The molecule has 33 heavy (non-hydrogen) atoms. The number of hydrogen-bond donors (Lipinski definition) is 1. The smallest absolute Gasteiger partial charge is 0.267 e. The Kier molecular flexibility index (Phi) is 6.04. The number of carbonyl (C=O) groups excluding carboxylic acids is 1. The predicted octanol–water partition coefficient (Wildman–Crippen LogP) is 5.05. The van der Waals surface area contributed by atoms with Gasteiger partial charge in [-0.3, -0.25) is 9.59 Å². The van der Waals surface area contributed by atoms with E-state index in [9.17, 15) is 14.0 Å². The lowest BCUT2D eigenvalue weighted by Gasteiger charge is -2.16. The van der Waals surface area contributed by atoms with E-state index in [1.807, 2.05) is 48.5 Å². The van der Waals surface area contributed by atoms with E-state index in [-0.39, 0.29) is 11.5 Å². The summed E-state index contributed by atoms with van der Waals surface area (Å²) in [6, 6.07) is 20.6. The second kappa shape index (κ2) is 9.08. The first-order valence-corrected chi connectivity index (χ1v) is 10.3. The van der Waals surface area contributed by atoms with E-state index < -0.39 is 11.4 Å². The molecule has 0 radical (unpaired) electrons. The average molecular weight is 443 g/mol. The highest BCUT2D eigenvalue weighted by molar-refractivity contribution is 5.96. The number of amides is 1. The predicted molar refractivity (Wildman–Crippen MR) is 125 cm³/mol. The highest BCUT2D eigenvalue weighted by atomic mass is 19.1. The molecule has 6 nitrogen and oxygen atoms in total. The van der Waals surface area contributed by atoms with Gasteiger partial charge in [-0.15, -0.1) is 0 Å². The lowest BCUT2D eigenvalue weighted by atomic mass is 9.94. The summed E-state index contributed by atoms with van der Waals surface area (Å²) in [7, 11) is 3.19. The van der Waals surface area contributed by atoms with Crippen LogP contribution in [0.3, 0.4) is 0 Å². The van der Waals surface area contributed by atoms with E-state index in [0.717, 1.165) is 0 Å². The molecule has 0 unspecified atom stereocenters. The van der Waals surface area contributed by atoms with E-state index in [4.69, 9.17) is 4.74 Å². The molecule has 0 saturated heterocycles. The summed E-state index contributed by atoms with van der Waals surface area (Å²) in [6.07, 6.45) is 0. The number of aromatic nitrogens is 2. The molecule has 0 aliphatic rings. The first kappa shape index (κ1) is 22.0. The third-order valence-electron chi connectivity index (χ3n) is 5.17. The van der Waals surface area contributed by atoms with Crippen LogP contribution >= 0.6 is 0 Å². The molecular formula is C26H22FN3O3. The Balaban J connectivity index is 1.93. The van der Waals surface area contributed by atoms with Crippen molar-refractivity contribution in [1.29, 1.82) is 0 Å². The average Bonchev–Trinajstić information content (AvgIpc) is 2.81. The van der Waals surface area contributed by atoms with Gasteiger partial charge >= 0.3 is 0 Å². The van der Waals surface area contributed by atoms with Crippen molar-refractivity contribution in [3.63, 3.8) is 0 Å². The number of rotatable bonds is 5. The third-order valence-corrected chi connectivity index (χ3v) is 5.17. The van der Waals surface area contributed by atoms with Crippen molar-refractivity contribution in [3.05, 3.63) is 100 Å². The number of ether oxygens (including phenoxy) is 1. The van der Waals surface area contributed by atoms with Crippen molar-refractivity contribution in [2.45, 2.75) is 6.92 Å². The Morgan fingerprint density at radius 2 is 1.70 bits per heavy atom. The van der Waals surface area contributed by atoms with Gasteiger partial charge in [-0.25, -0.2) is 9.49 Å². The first-order chi connectivity index (χ1) is 15.8. The number of nitrogens with one attached hydrogen (secondary N) is 1. The van der Waals surface area contributed by atoms with E-state index in [1.54, 1.807) is 33.2 Å². The van der Waals surface area contributed by atoms with Crippen molar-refractivity contribution in [3.8, 4) is 33.9 Å². The standard InChI is InChI=1S/C26H22FN3O3/c1-16-23(17-13-18(15-19(27)14-17)26(32)30(2)3)24(28-29-25(16)31)21-11-7-8-12-22(21)33-20-9-5-4-6-10-20/h4-15H,1-3H3,(H,29,31). The number of nitrogens with zero attached hydrogens (tertiary/aromatic N) is 2. The van der Waals surface area contributed by atoms with Crippen LogP contribution in [-0.2, 0) is 0 Å². The number of benzene rings is 3. The van der Waals surface area contributed by atoms with Gasteiger partial charge in [0.1, 0.15) is 23.0 Å². The molecule has 0 fully saturated rings. The van der Waals surface area contributed by atoms with Gasteiger partial charge in [0.15, 0.2) is 0 Å². The molecule has 1 amide bonds. The second-order valence-corrected chi connectivity index (χ2v) is 7.74. The third kappa shape index (κ3) is 4.52. The van der Waals surface area contributed by atoms with Crippen LogP contribution in [0.5, 0.6) is 11.5 Å². The molecule has 0 bridgehead atoms. The Bertz CT molecular complexity index is 1380. The zero-order valence-electron chi connectivity index (χ0n) is 18.4. The molecule has 1 aromatic heterocycles. The molecule has 0 spiro atoms. The summed E-state index contributed by atoms with van der Waals surface area (Å²) in [6.45, 7) is 1.64. The Labute approximate surface area is 190 Å². The molecular weight excluding hydrogens is 421 g/mol. The molecule has 0 atom stereocenters. The van der Waals surface area contributed by atoms with Gasteiger partial charge in [0.25, 0.3) is 11.5 Å². The molecule has 1 heterocycles. The maximum absolute atomic E-state index is 14.6. The first-order valence-electron chi connectivity index (χ1n) is 10.3. The second-order valence-electron chi connectivity index (χ2n) is 7.74. The number of H-pyrrole nitrogens is 1. The number of aromatic amines is 1. The molecule has 4 aromatic rings. The van der Waals surface area contributed by atoms with Crippen LogP contribution in [0.4, 0.5) is 4.39 Å². The summed E-state index contributed by atoms with van der Waals surface area (Å²) >= 11 is 0. The topological polar surface area (TPSA) is 75.3 Å². The molecule has 0 aliphatic heterocycles.